The van der Waals surface area contributed by atoms with Crippen LogP contribution >= 0.6 is 0 Å². The van der Waals surface area contributed by atoms with Gasteiger partial charge in [-0.05, 0) is 25.1 Å². The van der Waals surface area contributed by atoms with E-state index in [-0.39, 0.29) is 11.9 Å². The quantitative estimate of drug-likeness (QED) is 0.758. The number of allylic oxidation sites excluding steroid dienone is 1. The fourth-order valence-electron chi connectivity index (χ4n) is 1.09. The third kappa shape index (κ3) is 4.65. The van der Waals surface area contributed by atoms with E-state index in [4.69, 9.17) is 11.5 Å². The number of nitrogens with two attached hydrogens (primary N) is 2. The summed E-state index contributed by atoms with van der Waals surface area (Å²) in [7, 11) is 0. The summed E-state index contributed by atoms with van der Waals surface area (Å²) in [5, 5.41) is 0. The van der Waals surface area contributed by atoms with Gasteiger partial charge in [-0.25, -0.2) is 14.4 Å². The van der Waals surface area contributed by atoms with Crippen LogP contribution < -0.4 is 11.5 Å². The number of halogens is 1. The Morgan fingerprint density at radius 3 is 2.94 bits per heavy atom. The van der Waals surface area contributed by atoms with Gasteiger partial charge in [0.25, 0.3) is 0 Å². The molecule has 5 heteroatoms. The second kappa shape index (κ2) is 5.97. The van der Waals surface area contributed by atoms with Gasteiger partial charge in [0.2, 0.25) is 0 Å². The van der Waals surface area contributed by atoms with E-state index in [1.165, 1.54) is 18.3 Å². The van der Waals surface area contributed by atoms with Crippen molar-refractivity contribution < 1.29 is 4.39 Å². The summed E-state index contributed by atoms with van der Waals surface area (Å²) >= 11 is 0. The first-order valence-corrected chi connectivity index (χ1v) is 4.94. The topological polar surface area (TPSA) is 77.3 Å². The van der Waals surface area contributed by atoms with Crippen LogP contribution in [0.2, 0.25) is 0 Å². The molecule has 0 fully saturated rings. The Morgan fingerprint density at radius 1 is 1.62 bits per heavy atom. The highest BCUT2D eigenvalue weighted by atomic mass is 19.1. The monoisotopic (exact) mass is 222 g/mol. The number of pyridine rings is 1. The summed E-state index contributed by atoms with van der Waals surface area (Å²) in [6, 6.07) is 2.81. The van der Waals surface area contributed by atoms with Crippen molar-refractivity contribution in [3.8, 4) is 0 Å². The fraction of sp³-hybridized carbons (Fsp3) is 0.273. The molecule has 16 heavy (non-hydrogen) atoms. The Bertz CT molecular complexity index is 381. The lowest BCUT2D eigenvalue weighted by Gasteiger charge is -2.02. The lowest BCUT2D eigenvalue weighted by atomic mass is 10.2. The summed E-state index contributed by atoms with van der Waals surface area (Å²) in [5.74, 6) is 0.0530. The minimum Gasteiger partial charge on any atom is -0.402 e. The smallest absolute Gasteiger partial charge is 0.151 e. The second-order valence-corrected chi connectivity index (χ2v) is 3.54. The molecule has 0 bridgehead atoms. The predicted molar refractivity (Wildman–Crippen MR) is 62.9 cm³/mol. The highest BCUT2D eigenvalue weighted by Crippen LogP contribution is 2.06. The van der Waals surface area contributed by atoms with Crippen LogP contribution in [0.5, 0.6) is 0 Å². The van der Waals surface area contributed by atoms with Crippen molar-refractivity contribution in [1.82, 2.24) is 4.98 Å². The van der Waals surface area contributed by atoms with E-state index in [1.807, 2.05) is 6.92 Å². The average Bonchev–Trinajstić information content (AvgIpc) is 2.20. The van der Waals surface area contributed by atoms with Crippen molar-refractivity contribution in [2.45, 2.75) is 19.4 Å². The summed E-state index contributed by atoms with van der Waals surface area (Å²) in [5.41, 5.74) is 11.9. The van der Waals surface area contributed by atoms with Crippen LogP contribution in [0, 0.1) is 5.82 Å². The summed E-state index contributed by atoms with van der Waals surface area (Å²) < 4.78 is 12.5. The van der Waals surface area contributed by atoms with Crippen LogP contribution in [0.1, 0.15) is 13.3 Å². The van der Waals surface area contributed by atoms with E-state index in [2.05, 4.69) is 9.98 Å². The summed E-state index contributed by atoms with van der Waals surface area (Å²) in [4.78, 5) is 7.76. The molecule has 0 saturated heterocycles. The Labute approximate surface area is 93.9 Å². The van der Waals surface area contributed by atoms with E-state index < -0.39 is 0 Å². The van der Waals surface area contributed by atoms with Crippen molar-refractivity contribution in [1.29, 1.82) is 0 Å². The molecule has 0 saturated carbocycles. The Hall–Kier alpha value is -1.75. The molecule has 1 aromatic rings. The molecule has 0 aliphatic carbocycles. The molecule has 4 N–H and O–H groups in total. The van der Waals surface area contributed by atoms with E-state index in [9.17, 15) is 4.39 Å². The molecule has 1 atom stereocenters. The Balaban J connectivity index is 2.57. The molecule has 0 aromatic carbocycles. The van der Waals surface area contributed by atoms with Gasteiger partial charge in [0.1, 0.15) is 5.82 Å². The van der Waals surface area contributed by atoms with E-state index >= 15 is 0 Å². The third-order valence-electron chi connectivity index (χ3n) is 1.76. The number of hydrogen-bond donors (Lipinski definition) is 2. The highest BCUT2D eigenvalue weighted by Gasteiger charge is 1.95. The lowest BCUT2D eigenvalue weighted by Crippen LogP contribution is -2.18. The van der Waals surface area contributed by atoms with E-state index in [0.717, 1.165) is 6.20 Å². The van der Waals surface area contributed by atoms with Gasteiger partial charge in [-0.15, -0.1) is 0 Å². The first kappa shape index (κ1) is 12.3. The lowest BCUT2D eigenvalue weighted by molar-refractivity contribution is 0.621. The molecule has 4 nitrogen and oxygen atoms in total. The minimum atomic E-state index is -0.383. The number of aromatic nitrogens is 1. The number of aliphatic imine (C=N–C) groups is 1. The summed E-state index contributed by atoms with van der Waals surface area (Å²) in [6.07, 6.45) is 4.91. The maximum Gasteiger partial charge on any atom is 0.151 e. The maximum atomic E-state index is 12.5. The molecule has 1 rings (SSSR count). The van der Waals surface area contributed by atoms with Crippen LogP contribution in [0.3, 0.4) is 0 Å². The largest absolute Gasteiger partial charge is 0.402 e. The van der Waals surface area contributed by atoms with E-state index in [0.29, 0.717) is 17.9 Å². The maximum absolute atomic E-state index is 12.5. The minimum absolute atomic E-state index is 0.0218. The normalized spacial score (nSPS) is 14.3. The van der Waals surface area contributed by atoms with Crippen LogP contribution in [-0.4, -0.2) is 17.2 Å². The van der Waals surface area contributed by atoms with Crippen molar-refractivity contribution in [3.63, 3.8) is 0 Å². The van der Waals surface area contributed by atoms with Crippen LogP contribution in [0.15, 0.2) is 35.1 Å². The van der Waals surface area contributed by atoms with E-state index in [1.54, 1.807) is 6.08 Å². The van der Waals surface area contributed by atoms with Gasteiger partial charge in [-0.1, -0.05) is 0 Å². The molecular weight excluding hydrogens is 207 g/mol. The van der Waals surface area contributed by atoms with Gasteiger partial charge in [-0.3, -0.25) is 0 Å². The second-order valence-electron chi connectivity index (χ2n) is 3.54. The van der Waals surface area contributed by atoms with Gasteiger partial charge in [0, 0.05) is 24.4 Å². The Morgan fingerprint density at radius 2 is 2.38 bits per heavy atom. The number of rotatable bonds is 4. The van der Waals surface area contributed by atoms with Gasteiger partial charge >= 0.3 is 0 Å². The SMILES string of the molecule is CC(N)CC(N)=CC=Nc1ccc(F)cn1. The molecule has 86 valence electrons. The zero-order valence-electron chi connectivity index (χ0n) is 9.10. The van der Waals surface area contributed by atoms with Gasteiger partial charge in [0.05, 0.1) is 6.20 Å². The Kier molecular flexibility index (Phi) is 4.60. The molecule has 0 spiro atoms. The highest BCUT2D eigenvalue weighted by molar-refractivity contribution is 5.74. The van der Waals surface area contributed by atoms with Gasteiger partial charge in [0.15, 0.2) is 5.82 Å². The first-order valence-electron chi connectivity index (χ1n) is 4.94. The molecule has 0 amide bonds. The molecule has 0 radical (unpaired) electrons. The molecule has 1 unspecified atom stereocenters. The number of nitrogens with zero attached hydrogens (tertiary/aromatic N) is 2. The first-order chi connectivity index (χ1) is 7.58. The summed E-state index contributed by atoms with van der Waals surface area (Å²) in [6.45, 7) is 1.87. The van der Waals surface area contributed by atoms with Crippen LogP contribution in [-0.2, 0) is 0 Å². The zero-order valence-corrected chi connectivity index (χ0v) is 9.10. The molecule has 1 heterocycles. The average molecular weight is 222 g/mol. The van der Waals surface area contributed by atoms with Gasteiger partial charge in [-0.2, -0.15) is 0 Å². The molecule has 0 aliphatic heterocycles. The molecule has 0 aliphatic rings. The fourth-order valence-corrected chi connectivity index (χ4v) is 1.09. The third-order valence-corrected chi connectivity index (χ3v) is 1.76. The number of hydrogen-bond acceptors (Lipinski definition) is 4. The van der Waals surface area contributed by atoms with Crippen molar-refractivity contribution in [2.24, 2.45) is 16.5 Å². The molecule has 1 aromatic heterocycles. The van der Waals surface area contributed by atoms with Gasteiger partial charge < -0.3 is 11.5 Å². The van der Waals surface area contributed by atoms with Crippen molar-refractivity contribution in [2.75, 3.05) is 0 Å². The standard InChI is InChI=1S/C11H15FN4/c1-8(13)6-10(14)4-5-15-11-3-2-9(12)7-16-11/h2-5,7-8H,6,13-14H2,1H3. The molecular formula is C11H15FN4. The van der Waals surface area contributed by atoms with Crippen molar-refractivity contribution in [3.05, 3.63) is 35.9 Å². The predicted octanol–water partition coefficient (Wildman–Crippen LogP) is 1.50. The van der Waals surface area contributed by atoms with Crippen LogP contribution in [0.25, 0.3) is 0 Å². The van der Waals surface area contributed by atoms with Crippen LogP contribution in [0.4, 0.5) is 10.2 Å². The van der Waals surface area contributed by atoms with Crippen molar-refractivity contribution >= 4 is 12.0 Å². The zero-order chi connectivity index (χ0) is 12.0.